The normalized spacial score (nSPS) is 10.2. The van der Waals surface area contributed by atoms with Crippen LogP contribution in [-0.4, -0.2) is 6.29 Å². The predicted molar refractivity (Wildman–Crippen MR) is 67.1 cm³/mol. The molecule has 0 aromatic heterocycles. The number of carbonyl (C=O) groups is 1. The van der Waals surface area contributed by atoms with Gasteiger partial charge < -0.3 is 0 Å². The number of hydrogen-bond donors (Lipinski definition) is 0. The van der Waals surface area contributed by atoms with Crippen molar-refractivity contribution in [1.82, 2.24) is 0 Å². The molecule has 0 bridgehead atoms. The van der Waals surface area contributed by atoms with E-state index in [1.165, 1.54) is 17.8 Å². The van der Waals surface area contributed by atoms with Crippen molar-refractivity contribution < 1.29 is 9.18 Å². The van der Waals surface area contributed by atoms with Gasteiger partial charge in [-0.25, -0.2) is 4.39 Å². The highest BCUT2D eigenvalue weighted by Crippen LogP contribution is 2.32. The van der Waals surface area contributed by atoms with Gasteiger partial charge in [0.05, 0.1) is 0 Å². The van der Waals surface area contributed by atoms with Crippen molar-refractivity contribution in [2.24, 2.45) is 0 Å². The van der Waals surface area contributed by atoms with Crippen LogP contribution < -0.4 is 0 Å². The van der Waals surface area contributed by atoms with Gasteiger partial charge in [0, 0.05) is 15.4 Å². The van der Waals surface area contributed by atoms with Crippen LogP contribution in [0.4, 0.5) is 4.39 Å². The molecule has 0 aliphatic heterocycles. The first-order valence-corrected chi connectivity index (χ1v) is 6.00. The molecule has 2 rings (SSSR count). The highest BCUT2D eigenvalue weighted by Gasteiger charge is 2.05. The largest absolute Gasteiger partial charge is 0.298 e. The summed E-state index contributed by atoms with van der Waals surface area (Å²) in [6, 6.07) is 12.0. The summed E-state index contributed by atoms with van der Waals surface area (Å²) in [5.74, 6) is -0.226. The second-order valence-corrected chi connectivity index (χ2v) is 4.76. The summed E-state index contributed by atoms with van der Waals surface area (Å²) < 4.78 is 13.5. The SMILES string of the molecule is Cc1cc(C=O)ccc1Sc1ccccc1F. The molecule has 0 heterocycles. The molecule has 2 aromatic carbocycles. The lowest BCUT2D eigenvalue weighted by atomic mass is 10.2. The molecular formula is C14H11FOS. The van der Waals surface area contributed by atoms with Gasteiger partial charge >= 0.3 is 0 Å². The molecule has 0 aliphatic rings. The molecule has 0 fully saturated rings. The molecule has 2 aromatic rings. The molecule has 1 nitrogen and oxygen atoms in total. The lowest BCUT2D eigenvalue weighted by Crippen LogP contribution is -1.86. The van der Waals surface area contributed by atoms with Crippen LogP contribution in [0.3, 0.4) is 0 Å². The Morgan fingerprint density at radius 3 is 2.53 bits per heavy atom. The van der Waals surface area contributed by atoms with Gasteiger partial charge in [-0.05, 0) is 36.8 Å². The zero-order chi connectivity index (χ0) is 12.3. The van der Waals surface area contributed by atoms with Crippen LogP contribution in [0.15, 0.2) is 52.3 Å². The Hall–Kier alpha value is -1.61. The Morgan fingerprint density at radius 1 is 1.12 bits per heavy atom. The average molecular weight is 246 g/mol. The zero-order valence-corrected chi connectivity index (χ0v) is 10.1. The molecular weight excluding hydrogens is 235 g/mol. The number of hydrogen-bond acceptors (Lipinski definition) is 2. The van der Waals surface area contributed by atoms with Crippen molar-refractivity contribution in [3.05, 3.63) is 59.4 Å². The minimum absolute atomic E-state index is 0.226. The van der Waals surface area contributed by atoms with Crippen LogP contribution in [-0.2, 0) is 0 Å². The van der Waals surface area contributed by atoms with Gasteiger partial charge in [0.1, 0.15) is 12.1 Å². The Balaban J connectivity index is 2.31. The van der Waals surface area contributed by atoms with E-state index in [1.54, 1.807) is 30.3 Å². The minimum Gasteiger partial charge on any atom is -0.298 e. The van der Waals surface area contributed by atoms with Gasteiger partial charge in [0.25, 0.3) is 0 Å². The third-order valence-electron chi connectivity index (χ3n) is 2.39. The second-order valence-electron chi connectivity index (χ2n) is 3.68. The molecule has 0 saturated heterocycles. The first kappa shape index (κ1) is 11.9. The number of carbonyl (C=O) groups excluding carboxylic acids is 1. The molecule has 0 N–H and O–H groups in total. The standard InChI is InChI=1S/C14H11FOS/c1-10-8-11(9-16)6-7-13(10)17-14-5-3-2-4-12(14)15/h2-9H,1H3. The Bertz CT molecular complexity index is 552. The molecule has 0 radical (unpaired) electrons. The topological polar surface area (TPSA) is 17.1 Å². The molecule has 0 spiro atoms. The smallest absolute Gasteiger partial charge is 0.150 e. The maximum absolute atomic E-state index is 13.5. The molecule has 0 atom stereocenters. The first-order chi connectivity index (χ1) is 8.20. The van der Waals surface area contributed by atoms with Crippen molar-refractivity contribution in [1.29, 1.82) is 0 Å². The van der Waals surface area contributed by atoms with Crippen LogP contribution in [0.25, 0.3) is 0 Å². The molecule has 17 heavy (non-hydrogen) atoms. The fourth-order valence-corrected chi connectivity index (χ4v) is 2.41. The van der Waals surface area contributed by atoms with Gasteiger partial charge in [-0.1, -0.05) is 30.0 Å². The average Bonchev–Trinajstić information content (AvgIpc) is 2.34. The van der Waals surface area contributed by atoms with E-state index in [0.29, 0.717) is 10.5 Å². The quantitative estimate of drug-likeness (QED) is 0.758. The zero-order valence-electron chi connectivity index (χ0n) is 9.31. The number of aldehydes is 1. The predicted octanol–water partition coefficient (Wildman–Crippen LogP) is 4.10. The maximum atomic E-state index is 13.5. The van der Waals surface area contributed by atoms with Crippen molar-refractivity contribution in [2.75, 3.05) is 0 Å². The fraction of sp³-hybridized carbons (Fsp3) is 0.0714. The fourth-order valence-electron chi connectivity index (χ4n) is 1.51. The molecule has 86 valence electrons. The maximum Gasteiger partial charge on any atom is 0.150 e. The molecule has 0 saturated carbocycles. The van der Waals surface area contributed by atoms with Crippen LogP contribution in [0, 0.1) is 12.7 Å². The van der Waals surface area contributed by atoms with E-state index in [-0.39, 0.29) is 5.82 Å². The van der Waals surface area contributed by atoms with E-state index in [4.69, 9.17) is 0 Å². The third kappa shape index (κ3) is 2.74. The first-order valence-electron chi connectivity index (χ1n) is 5.19. The molecule has 0 amide bonds. The summed E-state index contributed by atoms with van der Waals surface area (Å²) in [4.78, 5) is 12.2. The van der Waals surface area contributed by atoms with Gasteiger partial charge in [-0.3, -0.25) is 4.79 Å². The van der Waals surface area contributed by atoms with E-state index < -0.39 is 0 Å². The summed E-state index contributed by atoms with van der Waals surface area (Å²) >= 11 is 1.37. The van der Waals surface area contributed by atoms with Crippen molar-refractivity contribution in [3.63, 3.8) is 0 Å². The molecule has 0 aliphatic carbocycles. The number of rotatable bonds is 3. The van der Waals surface area contributed by atoms with E-state index in [9.17, 15) is 9.18 Å². The van der Waals surface area contributed by atoms with Crippen LogP contribution >= 0.6 is 11.8 Å². The Morgan fingerprint density at radius 2 is 1.88 bits per heavy atom. The summed E-state index contributed by atoms with van der Waals surface area (Å²) in [7, 11) is 0. The monoisotopic (exact) mass is 246 g/mol. The Kier molecular flexibility index (Phi) is 3.59. The van der Waals surface area contributed by atoms with Gasteiger partial charge in [-0.2, -0.15) is 0 Å². The number of aryl methyl sites for hydroxylation is 1. The van der Waals surface area contributed by atoms with E-state index in [2.05, 4.69) is 0 Å². The van der Waals surface area contributed by atoms with Crippen molar-refractivity contribution in [2.45, 2.75) is 16.7 Å². The van der Waals surface area contributed by atoms with Crippen molar-refractivity contribution in [3.8, 4) is 0 Å². The highest BCUT2D eigenvalue weighted by molar-refractivity contribution is 7.99. The van der Waals surface area contributed by atoms with Crippen LogP contribution in [0.2, 0.25) is 0 Å². The van der Waals surface area contributed by atoms with Gasteiger partial charge in [-0.15, -0.1) is 0 Å². The lowest BCUT2D eigenvalue weighted by molar-refractivity contribution is 0.112. The third-order valence-corrected chi connectivity index (χ3v) is 3.62. The van der Waals surface area contributed by atoms with Crippen molar-refractivity contribution >= 4 is 18.0 Å². The summed E-state index contributed by atoms with van der Waals surface area (Å²) in [5, 5.41) is 0. The van der Waals surface area contributed by atoms with E-state index in [1.807, 2.05) is 13.0 Å². The Labute approximate surface area is 104 Å². The highest BCUT2D eigenvalue weighted by atomic mass is 32.2. The summed E-state index contributed by atoms with van der Waals surface area (Å²) in [6.07, 6.45) is 0.810. The van der Waals surface area contributed by atoms with Crippen LogP contribution in [0.1, 0.15) is 15.9 Å². The number of halogens is 1. The second kappa shape index (κ2) is 5.15. The lowest BCUT2D eigenvalue weighted by Gasteiger charge is -2.06. The molecule has 3 heteroatoms. The molecule has 0 unspecified atom stereocenters. The van der Waals surface area contributed by atoms with E-state index in [0.717, 1.165) is 16.7 Å². The van der Waals surface area contributed by atoms with Gasteiger partial charge in [0.15, 0.2) is 0 Å². The summed E-state index contributed by atoms with van der Waals surface area (Å²) in [6.45, 7) is 1.91. The number of benzene rings is 2. The minimum atomic E-state index is -0.226. The van der Waals surface area contributed by atoms with Crippen LogP contribution in [0.5, 0.6) is 0 Å². The van der Waals surface area contributed by atoms with Gasteiger partial charge in [0.2, 0.25) is 0 Å². The summed E-state index contributed by atoms with van der Waals surface area (Å²) in [5.41, 5.74) is 1.61. The van der Waals surface area contributed by atoms with E-state index >= 15 is 0 Å².